The Morgan fingerprint density at radius 1 is 1.12 bits per heavy atom. The van der Waals surface area contributed by atoms with Crippen molar-refractivity contribution in [3.63, 3.8) is 0 Å². The van der Waals surface area contributed by atoms with Crippen molar-refractivity contribution in [2.45, 2.75) is 33.2 Å². The second-order valence-corrected chi connectivity index (χ2v) is 6.57. The van der Waals surface area contributed by atoms with E-state index < -0.39 is 5.92 Å². The summed E-state index contributed by atoms with van der Waals surface area (Å²) in [4.78, 5) is 25.9. The van der Waals surface area contributed by atoms with Crippen molar-refractivity contribution in [2.24, 2.45) is 7.05 Å². The third-order valence-corrected chi connectivity index (χ3v) is 4.66. The fourth-order valence-electron chi connectivity index (χ4n) is 3.49. The molecule has 1 aliphatic rings. The minimum Gasteiger partial charge on any atom is -0.275 e. The predicted molar refractivity (Wildman–Crippen MR) is 97.7 cm³/mol. The molecule has 0 aliphatic carbocycles. The number of benzene rings is 1. The average molecular weight is 350 g/mol. The molecule has 1 saturated heterocycles. The van der Waals surface area contributed by atoms with Gasteiger partial charge in [-0.05, 0) is 55.7 Å². The van der Waals surface area contributed by atoms with Gasteiger partial charge in [0.25, 0.3) is 11.8 Å². The van der Waals surface area contributed by atoms with Crippen LogP contribution in [0.25, 0.3) is 0 Å². The van der Waals surface area contributed by atoms with Crippen LogP contribution in [0.2, 0.25) is 0 Å². The SMILES string of the molecule is CC#Cc1cc(C)c(C2C(=O)N(C)N(Cc3ccn(C)n3)C2=O)c(C)c1. The lowest BCUT2D eigenvalue weighted by Gasteiger charge is -2.22. The van der Waals surface area contributed by atoms with E-state index in [9.17, 15) is 9.59 Å². The Hall–Kier alpha value is -3.07. The number of aromatic nitrogens is 2. The van der Waals surface area contributed by atoms with Crippen molar-refractivity contribution >= 4 is 11.8 Å². The molecule has 2 aromatic rings. The summed E-state index contributed by atoms with van der Waals surface area (Å²) >= 11 is 0. The van der Waals surface area contributed by atoms with E-state index in [1.807, 2.05) is 45.3 Å². The fourth-order valence-corrected chi connectivity index (χ4v) is 3.49. The monoisotopic (exact) mass is 350 g/mol. The highest BCUT2D eigenvalue weighted by molar-refractivity contribution is 6.10. The van der Waals surface area contributed by atoms with Crippen molar-refractivity contribution in [1.82, 2.24) is 19.8 Å². The molecule has 1 aromatic heterocycles. The van der Waals surface area contributed by atoms with Crippen LogP contribution in [0, 0.1) is 25.7 Å². The molecule has 6 heteroatoms. The van der Waals surface area contributed by atoms with E-state index in [2.05, 4.69) is 16.9 Å². The highest BCUT2D eigenvalue weighted by atomic mass is 16.2. The van der Waals surface area contributed by atoms with Gasteiger partial charge in [0.1, 0.15) is 5.92 Å². The molecular formula is C20H22N4O2. The lowest BCUT2D eigenvalue weighted by Crippen LogP contribution is -2.37. The summed E-state index contributed by atoms with van der Waals surface area (Å²) in [5, 5.41) is 7.17. The molecule has 1 atom stereocenters. The van der Waals surface area contributed by atoms with Crippen LogP contribution in [-0.4, -0.2) is 38.7 Å². The molecule has 2 amide bonds. The Morgan fingerprint density at radius 2 is 1.77 bits per heavy atom. The van der Waals surface area contributed by atoms with E-state index in [1.165, 1.54) is 10.0 Å². The second kappa shape index (κ2) is 6.68. The normalized spacial score (nSPS) is 16.9. The summed E-state index contributed by atoms with van der Waals surface area (Å²) in [5.74, 6) is 4.66. The summed E-state index contributed by atoms with van der Waals surface area (Å²) in [5.41, 5.74) is 4.22. The Labute approximate surface area is 153 Å². The van der Waals surface area contributed by atoms with Crippen LogP contribution in [0.3, 0.4) is 0 Å². The zero-order chi connectivity index (χ0) is 19.0. The quantitative estimate of drug-likeness (QED) is 0.628. The third-order valence-electron chi connectivity index (χ3n) is 4.66. The number of hydrogen-bond acceptors (Lipinski definition) is 3. The highest BCUT2D eigenvalue weighted by Gasteiger charge is 2.45. The maximum atomic E-state index is 13.1. The zero-order valence-electron chi connectivity index (χ0n) is 15.7. The van der Waals surface area contributed by atoms with E-state index >= 15 is 0 Å². The lowest BCUT2D eigenvalue weighted by molar-refractivity contribution is -0.145. The molecule has 3 rings (SSSR count). The van der Waals surface area contributed by atoms with Gasteiger partial charge in [-0.2, -0.15) is 5.10 Å². The summed E-state index contributed by atoms with van der Waals surface area (Å²) in [7, 11) is 3.45. The largest absolute Gasteiger partial charge is 0.275 e. The van der Waals surface area contributed by atoms with Crippen molar-refractivity contribution in [3.05, 3.63) is 52.3 Å². The van der Waals surface area contributed by atoms with Gasteiger partial charge in [-0.1, -0.05) is 5.92 Å². The highest BCUT2D eigenvalue weighted by Crippen LogP contribution is 2.33. The third kappa shape index (κ3) is 2.97. The Bertz CT molecular complexity index is 925. The molecule has 0 bridgehead atoms. The summed E-state index contributed by atoms with van der Waals surface area (Å²) in [6.45, 7) is 5.90. The van der Waals surface area contributed by atoms with E-state index in [1.54, 1.807) is 18.7 Å². The molecule has 1 aliphatic heterocycles. The van der Waals surface area contributed by atoms with E-state index in [-0.39, 0.29) is 18.4 Å². The van der Waals surface area contributed by atoms with Crippen LogP contribution in [0.5, 0.6) is 0 Å². The molecule has 134 valence electrons. The Balaban J connectivity index is 1.97. The van der Waals surface area contributed by atoms with Crippen molar-refractivity contribution in [2.75, 3.05) is 7.05 Å². The number of hydrazine groups is 1. The maximum absolute atomic E-state index is 13.1. The first-order chi connectivity index (χ1) is 12.3. The van der Waals surface area contributed by atoms with Crippen molar-refractivity contribution < 1.29 is 9.59 Å². The van der Waals surface area contributed by atoms with Crippen LogP contribution < -0.4 is 0 Å². The summed E-state index contributed by atoms with van der Waals surface area (Å²) in [6.07, 6.45) is 1.82. The predicted octanol–water partition coefficient (Wildman–Crippen LogP) is 1.91. The van der Waals surface area contributed by atoms with Gasteiger partial charge in [0.15, 0.2) is 0 Å². The van der Waals surface area contributed by atoms with Crippen LogP contribution in [-0.2, 0) is 23.2 Å². The van der Waals surface area contributed by atoms with Gasteiger partial charge in [0.2, 0.25) is 0 Å². The molecule has 0 radical (unpaired) electrons. The molecule has 0 N–H and O–H groups in total. The van der Waals surface area contributed by atoms with Crippen LogP contribution in [0.4, 0.5) is 0 Å². The zero-order valence-corrected chi connectivity index (χ0v) is 15.7. The smallest absolute Gasteiger partial charge is 0.258 e. The topological polar surface area (TPSA) is 58.4 Å². The first-order valence-electron chi connectivity index (χ1n) is 8.44. The Kier molecular flexibility index (Phi) is 4.56. The van der Waals surface area contributed by atoms with Gasteiger partial charge in [0.05, 0.1) is 12.2 Å². The molecule has 6 nitrogen and oxygen atoms in total. The first-order valence-corrected chi connectivity index (χ1v) is 8.44. The lowest BCUT2D eigenvalue weighted by atomic mass is 9.88. The number of likely N-dealkylation sites (N-methyl/N-ethyl adjacent to an activating group) is 1. The summed E-state index contributed by atoms with van der Waals surface area (Å²) < 4.78 is 1.68. The summed E-state index contributed by atoms with van der Waals surface area (Å²) in [6, 6.07) is 5.70. The van der Waals surface area contributed by atoms with Crippen molar-refractivity contribution in [3.8, 4) is 11.8 Å². The van der Waals surface area contributed by atoms with Crippen LogP contribution in [0.15, 0.2) is 24.4 Å². The number of aryl methyl sites for hydroxylation is 3. The molecule has 1 unspecified atom stereocenters. The minimum atomic E-state index is -0.813. The van der Waals surface area contributed by atoms with Gasteiger partial charge in [-0.15, -0.1) is 5.92 Å². The molecule has 1 aromatic carbocycles. The number of amides is 2. The van der Waals surface area contributed by atoms with E-state index in [4.69, 9.17) is 0 Å². The molecule has 26 heavy (non-hydrogen) atoms. The van der Waals surface area contributed by atoms with Gasteiger partial charge >= 0.3 is 0 Å². The standard InChI is InChI=1S/C20H22N4O2/c1-6-7-15-10-13(2)17(14(3)11-15)18-19(25)23(5)24(20(18)26)12-16-8-9-22(4)21-16/h8-11,18H,12H2,1-5H3. The van der Waals surface area contributed by atoms with Gasteiger partial charge in [0, 0.05) is 25.9 Å². The van der Waals surface area contributed by atoms with Crippen LogP contribution >= 0.6 is 0 Å². The molecule has 0 spiro atoms. The molecular weight excluding hydrogens is 328 g/mol. The number of nitrogens with zero attached hydrogens (tertiary/aromatic N) is 4. The average Bonchev–Trinajstić information content (AvgIpc) is 3.07. The number of hydrogen-bond donors (Lipinski definition) is 0. The fraction of sp³-hybridized carbons (Fsp3) is 0.350. The molecule has 2 heterocycles. The van der Waals surface area contributed by atoms with Gasteiger partial charge < -0.3 is 0 Å². The Morgan fingerprint density at radius 3 is 2.31 bits per heavy atom. The van der Waals surface area contributed by atoms with E-state index in [0.717, 1.165) is 27.9 Å². The number of rotatable bonds is 3. The van der Waals surface area contributed by atoms with Gasteiger partial charge in [-0.25, -0.2) is 5.01 Å². The number of carbonyl (C=O) groups excluding carboxylic acids is 2. The number of carbonyl (C=O) groups is 2. The molecule has 0 saturated carbocycles. The van der Waals surface area contributed by atoms with Gasteiger partial charge in [-0.3, -0.25) is 19.3 Å². The maximum Gasteiger partial charge on any atom is 0.258 e. The minimum absolute atomic E-state index is 0.216. The van der Waals surface area contributed by atoms with Crippen LogP contribution in [0.1, 0.15) is 40.8 Å². The van der Waals surface area contributed by atoms with Crippen molar-refractivity contribution in [1.29, 1.82) is 0 Å². The second-order valence-electron chi connectivity index (χ2n) is 6.57. The van der Waals surface area contributed by atoms with E-state index in [0.29, 0.717) is 0 Å². The molecule has 1 fully saturated rings. The first kappa shape index (κ1) is 17.7.